The van der Waals surface area contributed by atoms with Gasteiger partial charge >= 0.3 is 0 Å². The zero-order valence-electron chi connectivity index (χ0n) is 22.2. The maximum absolute atomic E-state index is 9.56. The largest absolute Gasteiger partial charge is 0.309 e. The van der Waals surface area contributed by atoms with Gasteiger partial charge in [0.05, 0.1) is 28.3 Å². The molecule has 0 atom stereocenters. The molecule has 0 bridgehead atoms. The van der Waals surface area contributed by atoms with E-state index in [0.29, 0.717) is 5.82 Å². The fourth-order valence-corrected chi connectivity index (χ4v) is 6.05. The molecule has 0 fully saturated rings. The van der Waals surface area contributed by atoms with E-state index in [2.05, 4.69) is 106 Å². The molecule has 0 N–H and O–H groups in total. The lowest BCUT2D eigenvalue weighted by atomic mass is 10.0. The van der Waals surface area contributed by atoms with E-state index in [-0.39, 0.29) is 11.4 Å². The van der Waals surface area contributed by atoms with Crippen molar-refractivity contribution in [2.75, 3.05) is 0 Å². The van der Waals surface area contributed by atoms with Crippen LogP contribution in [0.1, 0.15) is 11.4 Å². The summed E-state index contributed by atoms with van der Waals surface area (Å²) in [5, 5.41) is 23.5. The Morgan fingerprint density at radius 3 is 1.86 bits per heavy atom. The number of fused-ring (bicyclic) bond motifs is 6. The van der Waals surface area contributed by atoms with Crippen molar-refractivity contribution in [2.45, 2.75) is 0 Å². The van der Waals surface area contributed by atoms with Gasteiger partial charge in [-0.05, 0) is 53.6 Å². The zero-order valence-corrected chi connectivity index (χ0v) is 22.2. The van der Waals surface area contributed by atoms with Crippen LogP contribution in [0.4, 0.5) is 0 Å². The van der Waals surface area contributed by atoms with Crippen molar-refractivity contribution in [3.63, 3.8) is 0 Å². The highest BCUT2D eigenvalue weighted by molar-refractivity contribution is 6.12. The van der Waals surface area contributed by atoms with Gasteiger partial charge in [-0.2, -0.15) is 10.5 Å². The molecule has 0 unspecified atom stereocenters. The van der Waals surface area contributed by atoms with Crippen molar-refractivity contribution in [1.29, 1.82) is 10.5 Å². The molecule has 8 aromatic rings. The number of nitriles is 2. The lowest BCUT2D eigenvalue weighted by molar-refractivity contribution is 1.02. The highest BCUT2D eigenvalue weighted by atomic mass is 15.1. The van der Waals surface area contributed by atoms with Crippen molar-refractivity contribution in [3.05, 3.63) is 133 Å². The Kier molecular flexibility index (Phi) is 5.15. The monoisotopic (exact) mass is 536 g/mol. The van der Waals surface area contributed by atoms with Crippen molar-refractivity contribution in [2.24, 2.45) is 0 Å². The molecule has 0 aliphatic heterocycles. The van der Waals surface area contributed by atoms with Gasteiger partial charge in [0.2, 0.25) is 0 Å². The minimum Gasteiger partial charge on any atom is -0.309 e. The standard InChI is InChI=1S/C36H20N6/c37-20-30-31(21-38)40-36(22-39-30)42-33-13-7-5-11-27(33)29-18-23(15-17-34(29)42)24-14-16-28-26-10-4-6-12-32(26)41(35(28)19-24)25-8-2-1-3-9-25/h1-19,22H. The Morgan fingerprint density at radius 1 is 0.500 bits per heavy atom. The lowest BCUT2D eigenvalue weighted by Crippen LogP contribution is -2.02. The van der Waals surface area contributed by atoms with E-state index in [4.69, 9.17) is 0 Å². The van der Waals surface area contributed by atoms with E-state index < -0.39 is 0 Å². The number of benzene rings is 5. The predicted molar refractivity (Wildman–Crippen MR) is 166 cm³/mol. The normalized spacial score (nSPS) is 11.3. The average molecular weight is 537 g/mol. The van der Waals surface area contributed by atoms with Gasteiger partial charge in [-0.3, -0.25) is 4.57 Å². The summed E-state index contributed by atoms with van der Waals surface area (Å²) in [6.07, 6.45) is 1.55. The van der Waals surface area contributed by atoms with Crippen LogP contribution in [0.15, 0.2) is 121 Å². The van der Waals surface area contributed by atoms with E-state index in [1.807, 2.05) is 41.0 Å². The summed E-state index contributed by atoms with van der Waals surface area (Å²) in [6.45, 7) is 0. The topological polar surface area (TPSA) is 83.2 Å². The molecule has 0 aliphatic rings. The molecule has 42 heavy (non-hydrogen) atoms. The van der Waals surface area contributed by atoms with Crippen LogP contribution in [0.25, 0.3) is 66.2 Å². The van der Waals surface area contributed by atoms with Crippen LogP contribution >= 0.6 is 0 Å². The highest BCUT2D eigenvalue weighted by Crippen LogP contribution is 2.37. The van der Waals surface area contributed by atoms with E-state index >= 15 is 0 Å². The summed E-state index contributed by atoms with van der Waals surface area (Å²) in [7, 11) is 0. The predicted octanol–water partition coefficient (Wildman–Crippen LogP) is 8.08. The SMILES string of the molecule is N#Cc1ncc(-n2c3ccccc3c3cc(-c4ccc5c6ccccc6n(-c6ccccc6)c5c4)ccc32)nc1C#N. The minimum absolute atomic E-state index is 0.0136. The second kappa shape index (κ2) is 9.16. The molecule has 0 aliphatic carbocycles. The molecule has 3 aromatic heterocycles. The smallest absolute Gasteiger partial charge is 0.179 e. The van der Waals surface area contributed by atoms with Crippen molar-refractivity contribution >= 4 is 43.6 Å². The van der Waals surface area contributed by atoms with Gasteiger partial charge < -0.3 is 4.57 Å². The van der Waals surface area contributed by atoms with Crippen molar-refractivity contribution < 1.29 is 0 Å². The Hall–Kier alpha value is -6.24. The van der Waals surface area contributed by atoms with E-state index in [1.54, 1.807) is 6.20 Å². The molecule has 194 valence electrons. The molecule has 0 saturated heterocycles. The van der Waals surface area contributed by atoms with Crippen LogP contribution < -0.4 is 0 Å². The lowest BCUT2D eigenvalue weighted by Gasteiger charge is -2.10. The van der Waals surface area contributed by atoms with E-state index in [1.165, 1.54) is 16.3 Å². The molecule has 6 nitrogen and oxygen atoms in total. The summed E-state index contributed by atoms with van der Waals surface area (Å²) in [6, 6.07) is 44.2. The van der Waals surface area contributed by atoms with Crippen molar-refractivity contribution in [3.8, 4) is 34.8 Å². The molecule has 0 amide bonds. The molecule has 0 radical (unpaired) electrons. The summed E-state index contributed by atoms with van der Waals surface area (Å²) in [5.41, 5.74) is 7.60. The van der Waals surface area contributed by atoms with Gasteiger partial charge in [0, 0.05) is 27.2 Å². The van der Waals surface area contributed by atoms with Crippen molar-refractivity contribution in [1.82, 2.24) is 19.1 Å². The van der Waals surface area contributed by atoms with Gasteiger partial charge in [0.1, 0.15) is 12.1 Å². The fraction of sp³-hybridized carbons (Fsp3) is 0. The van der Waals surface area contributed by atoms with Crippen LogP contribution in [0, 0.1) is 22.7 Å². The van der Waals surface area contributed by atoms with Crippen LogP contribution in [0.2, 0.25) is 0 Å². The minimum atomic E-state index is 0.0136. The van der Waals surface area contributed by atoms with Gasteiger partial charge in [-0.15, -0.1) is 0 Å². The molecule has 6 heteroatoms. The summed E-state index contributed by atoms with van der Waals surface area (Å²) in [5.74, 6) is 0.498. The van der Waals surface area contributed by atoms with Gasteiger partial charge in [0.15, 0.2) is 17.2 Å². The fourth-order valence-electron chi connectivity index (χ4n) is 6.05. The first-order valence-corrected chi connectivity index (χ1v) is 13.5. The van der Waals surface area contributed by atoms with E-state index in [0.717, 1.165) is 44.1 Å². The maximum atomic E-state index is 9.56. The molecule has 0 saturated carbocycles. The second-order valence-electron chi connectivity index (χ2n) is 10.2. The van der Waals surface area contributed by atoms with Crippen LogP contribution in [-0.2, 0) is 0 Å². The van der Waals surface area contributed by atoms with Crippen LogP contribution in [0.5, 0.6) is 0 Å². The second-order valence-corrected chi connectivity index (χ2v) is 10.2. The Labute approximate surface area is 240 Å². The molecule has 5 aromatic carbocycles. The number of nitrogens with zero attached hydrogens (tertiary/aromatic N) is 6. The Bertz CT molecular complexity index is 2430. The third-order valence-corrected chi connectivity index (χ3v) is 7.89. The quantitative estimate of drug-likeness (QED) is 0.228. The first-order valence-electron chi connectivity index (χ1n) is 13.5. The molecule has 8 rings (SSSR count). The summed E-state index contributed by atoms with van der Waals surface area (Å²) >= 11 is 0. The first-order chi connectivity index (χ1) is 20.7. The van der Waals surface area contributed by atoms with Gasteiger partial charge in [0.25, 0.3) is 0 Å². The van der Waals surface area contributed by atoms with Crippen LogP contribution in [-0.4, -0.2) is 19.1 Å². The molecular formula is C36H20N6. The molecule has 3 heterocycles. The number of hydrogen-bond donors (Lipinski definition) is 0. The Balaban J connectivity index is 1.36. The van der Waals surface area contributed by atoms with E-state index in [9.17, 15) is 10.5 Å². The summed E-state index contributed by atoms with van der Waals surface area (Å²) in [4.78, 5) is 8.71. The van der Waals surface area contributed by atoms with Gasteiger partial charge in [-0.25, -0.2) is 9.97 Å². The number of hydrogen-bond acceptors (Lipinski definition) is 4. The van der Waals surface area contributed by atoms with Crippen LogP contribution in [0.3, 0.4) is 0 Å². The average Bonchev–Trinajstić information content (AvgIpc) is 3.57. The summed E-state index contributed by atoms with van der Waals surface area (Å²) < 4.78 is 4.33. The highest BCUT2D eigenvalue weighted by Gasteiger charge is 2.17. The number of para-hydroxylation sites is 3. The molecular weight excluding hydrogens is 516 g/mol. The maximum Gasteiger partial charge on any atom is 0.179 e. The third-order valence-electron chi connectivity index (χ3n) is 7.89. The zero-order chi connectivity index (χ0) is 28.2. The third kappa shape index (κ3) is 3.43. The first kappa shape index (κ1) is 23.6. The number of rotatable bonds is 3. The van der Waals surface area contributed by atoms with Gasteiger partial charge in [-0.1, -0.05) is 72.8 Å². The molecule has 0 spiro atoms. The number of aromatic nitrogens is 4. The Morgan fingerprint density at radius 2 is 1.10 bits per heavy atom.